The number of rotatable bonds is 11. The lowest BCUT2D eigenvalue weighted by molar-refractivity contribution is -0.137. The summed E-state index contributed by atoms with van der Waals surface area (Å²) in [6.07, 6.45) is 9.62. The molecule has 4 N–H and O–H groups in total. The standard InChI is InChI=1S/C21H29IO5S/c22-20-12-10-15(28-20)9-7-14(23)8-11-17-16(18(24)13-19(17)25)5-3-1-2-4-6-21(26)27/h1,3,8,10-12,14,16-19,23-25H,2,4-7,9,13H2,(H,26,27)/b3-1-,11-8+/t14?,16-,17-,18?,19?/m1/s1. The van der Waals surface area contributed by atoms with E-state index in [1.54, 1.807) is 17.4 Å². The second-order valence-corrected chi connectivity index (χ2v) is 10.4. The molecule has 0 radical (unpaired) electrons. The van der Waals surface area contributed by atoms with Gasteiger partial charge in [0.05, 0.1) is 21.2 Å². The molecule has 1 saturated carbocycles. The molecule has 2 rings (SSSR count). The minimum absolute atomic E-state index is 0.0898. The number of aryl methyl sites for hydroxylation is 1. The van der Waals surface area contributed by atoms with Crippen molar-refractivity contribution in [2.75, 3.05) is 0 Å². The minimum Gasteiger partial charge on any atom is -0.481 e. The van der Waals surface area contributed by atoms with E-state index < -0.39 is 24.3 Å². The van der Waals surface area contributed by atoms with Gasteiger partial charge in [0.2, 0.25) is 0 Å². The van der Waals surface area contributed by atoms with E-state index in [9.17, 15) is 20.1 Å². The van der Waals surface area contributed by atoms with E-state index in [-0.39, 0.29) is 18.3 Å². The Balaban J connectivity index is 1.81. The van der Waals surface area contributed by atoms with Crippen LogP contribution in [-0.2, 0) is 11.2 Å². The number of aliphatic hydroxyl groups is 3. The van der Waals surface area contributed by atoms with E-state index in [1.165, 1.54) is 7.76 Å². The van der Waals surface area contributed by atoms with Crippen LogP contribution in [0.15, 0.2) is 36.4 Å². The van der Waals surface area contributed by atoms with Crippen molar-refractivity contribution in [3.8, 4) is 0 Å². The van der Waals surface area contributed by atoms with E-state index in [1.807, 2.05) is 18.2 Å². The first-order valence-electron chi connectivity index (χ1n) is 9.70. The molecular formula is C21H29IO5S. The lowest BCUT2D eigenvalue weighted by atomic mass is 9.89. The third kappa shape index (κ3) is 7.94. The first-order chi connectivity index (χ1) is 13.4. The van der Waals surface area contributed by atoms with Crippen LogP contribution in [0.1, 0.15) is 43.4 Å². The normalized spacial score (nSPS) is 26.4. The largest absolute Gasteiger partial charge is 0.481 e. The molecule has 5 atom stereocenters. The fourth-order valence-electron chi connectivity index (χ4n) is 3.58. The van der Waals surface area contributed by atoms with Crippen LogP contribution in [0, 0.1) is 14.7 Å². The first-order valence-corrected chi connectivity index (χ1v) is 11.6. The molecule has 1 aromatic heterocycles. The number of halogens is 1. The van der Waals surface area contributed by atoms with Crippen molar-refractivity contribution >= 4 is 39.9 Å². The predicted molar refractivity (Wildman–Crippen MR) is 119 cm³/mol. The molecule has 0 amide bonds. The van der Waals surface area contributed by atoms with Crippen LogP contribution in [-0.4, -0.2) is 44.7 Å². The zero-order chi connectivity index (χ0) is 20.5. The molecule has 1 aliphatic rings. The summed E-state index contributed by atoms with van der Waals surface area (Å²) in [5.74, 6) is -1.07. The summed E-state index contributed by atoms with van der Waals surface area (Å²) in [7, 11) is 0. The maximum absolute atomic E-state index is 10.5. The minimum atomic E-state index is -0.791. The number of hydrogen-bond donors (Lipinski definition) is 4. The summed E-state index contributed by atoms with van der Waals surface area (Å²) in [6, 6.07) is 4.15. The Bertz CT molecular complexity index is 672. The SMILES string of the molecule is O=C(O)CCC/C=C\C[C@H]1C(O)CC(O)[C@@H]1/C=C/C(O)CCc1ccc(I)s1. The summed E-state index contributed by atoms with van der Waals surface area (Å²) >= 11 is 4.01. The van der Waals surface area contributed by atoms with Crippen molar-refractivity contribution < 1.29 is 25.2 Å². The first kappa shape index (κ1) is 23.5. The fraction of sp³-hybridized carbons (Fsp3) is 0.571. The second kappa shape index (κ2) is 12.1. The van der Waals surface area contributed by atoms with E-state index in [0.29, 0.717) is 32.1 Å². The average Bonchev–Trinajstić information content (AvgIpc) is 3.16. The molecule has 7 heteroatoms. The molecule has 0 aliphatic heterocycles. The Morgan fingerprint density at radius 2 is 2.07 bits per heavy atom. The highest BCUT2D eigenvalue weighted by Crippen LogP contribution is 2.36. The van der Waals surface area contributed by atoms with Gasteiger partial charge in [0, 0.05) is 23.6 Å². The monoisotopic (exact) mass is 520 g/mol. The maximum Gasteiger partial charge on any atom is 0.303 e. The summed E-state index contributed by atoms with van der Waals surface area (Å²) in [4.78, 5) is 11.8. The maximum atomic E-state index is 10.5. The number of aliphatic carboxylic acids is 1. The number of hydrogen-bond acceptors (Lipinski definition) is 5. The molecule has 0 aromatic carbocycles. The van der Waals surface area contributed by atoms with Crippen LogP contribution in [0.3, 0.4) is 0 Å². The Kier molecular flexibility index (Phi) is 10.1. The molecule has 1 fully saturated rings. The molecule has 3 unspecified atom stereocenters. The van der Waals surface area contributed by atoms with Gasteiger partial charge in [-0.25, -0.2) is 0 Å². The summed E-state index contributed by atoms with van der Waals surface area (Å²) < 4.78 is 1.24. The Morgan fingerprint density at radius 3 is 2.75 bits per heavy atom. The van der Waals surface area contributed by atoms with E-state index in [2.05, 4.69) is 34.7 Å². The molecule has 1 aliphatic carbocycles. The van der Waals surface area contributed by atoms with Gasteiger partial charge in [-0.2, -0.15) is 0 Å². The van der Waals surface area contributed by atoms with Gasteiger partial charge in [-0.05, 0) is 72.7 Å². The average molecular weight is 520 g/mol. The smallest absolute Gasteiger partial charge is 0.303 e. The lowest BCUT2D eigenvalue weighted by Crippen LogP contribution is -2.20. The zero-order valence-corrected chi connectivity index (χ0v) is 18.8. The number of aliphatic hydroxyl groups excluding tert-OH is 3. The van der Waals surface area contributed by atoms with Gasteiger partial charge < -0.3 is 20.4 Å². The van der Waals surface area contributed by atoms with Gasteiger partial charge in [-0.15, -0.1) is 11.3 Å². The number of unbranched alkanes of at least 4 members (excludes halogenated alkanes) is 1. The molecule has 0 bridgehead atoms. The van der Waals surface area contributed by atoms with Crippen LogP contribution < -0.4 is 0 Å². The van der Waals surface area contributed by atoms with Gasteiger partial charge in [-0.3, -0.25) is 4.79 Å². The van der Waals surface area contributed by atoms with Crippen LogP contribution in [0.5, 0.6) is 0 Å². The van der Waals surface area contributed by atoms with Crippen molar-refractivity contribution in [3.63, 3.8) is 0 Å². The van der Waals surface area contributed by atoms with Crippen LogP contribution >= 0.6 is 33.9 Å². The molecule has 0 saturated heterocycles. The number of carboxylic acids is 1. The third-order valence-electron chi connectivity index (χ3n) is 5.12. The molecule has 1 aromatic rings. The number of allylic oxidation sites excluding steroid dienone is 2. The van der Waals surface area contributed by atoms with Crippen molar-refractivity contribution in [2.45, 2.75) is 63.3 Å². The van der Waals surface area contributed by atoms with E-state index in [4.69, 9.17) is 5.11 Å². The van der Waals surface area contributed by atoms with E-state index in [0.717, 1.165) is 6.42 Å². The number of carbonyl (C=O) groups is 1. The highest BCUT2D eigenvalue weighted by Gasteiger charge is 2.39. The second-order valence-electron chi connectivity index (χ2n) is 7.30. The molecule has 5 nitrogen and oxygen atoms in total. The van der Waals surface area contributed by atoms with Gasteiger partial charge in [-0.1, -0.05) is 24.3 Å². The van der Waals surface area contributed by atoms with Gasteiger partial charge in [0.1, 0.15) is 0 Å². The van der Waals surface area contributed by atoms with Crippen molar-refractivity contribution in [2.24, 2.45) is 11.8 Å². The Labute approximate surface area is 183 Å². The summed E-state index contributed by atoms with van der Waals surface area (Å²) in [6.45, 7) is 0. The topological polar surface area (TPSA) is 98.0 Å². The Hall–Kier alpha value is -0.740. The van der Waals surface area contributed by atoms with Crippen LogP contribution in [0.2, 0.25) is 0 Å². The molecule has 0 spiro atoms. The van der Waals surface area contributed by atoms with E-state index >= 15 is 0 Å². The fourth-order valence-corrected chi connectivity index (χ4v) is 5.35. The molecule has 156 valence electrons. The van der Waals surface area contributed by atoms with Gasteiger partial charge >= 0.3 is 5.97 Å². The quantitative estimate of drug-likeness (QED) is 0.202. The van der Waals surface area contributed by atoms with Crippen LogP contribution in [0.25, 0.3) is 0 Å². The summed E-state index contributed by atoms with van der Waals surface area (Å²) in [5, 5.41) is 39.4. The van der Waals surface area contributed by atoms with Crippen molar-refractivity contribution in [3.05, 3.63) is 44.2 Å². The van der Waals surface area contributed by atoms with Crippen molar-refractivity contribution in [1.29, 1.82) is 0 Å². The zero-order valence-electron chi connectivity index (χ0n) is 15.8. The Morgan fingerprint density at radius 1 is 1.29 bits per heavy atom. The number of thiophene rings is 1. The highest BCUT2D eigenvalue weighted by atomic mass is 127. The predicted octanol–water partition coefficient (Wildman–Crippen LogP) is 3.76. The molecular weight excluding hydrogens is 491 g/mol. The molecule has 1 heterocycles. The lowest BCUT2D eigenvalue weighted by Gasteiger charge is -2.19. The third-order valence-corrected chi connectivity index (χ3v) is 7.08. The summed E-state index contributed by atoms with van der Waals surface area (Å²) in [5.41, 5.74) is 0. The van der Waals surface area contributed by atoms with Gasteiger partial charge in [0.15, 0.2) is 0 Å². The number of carboxylic acid groups (broad SMARTS) is 1. The van der Waals surface area contributed by atoms with Gasteiger partial charge in [0.25, 0.3) is 0 Å². The van der Waals surface area contributed by atoms with Crippen LogP contribution in [0.4, 0.5) is 0 Å². The van der Waals surface area contributed by atoms with Crippen molar-refractivity contribution in [1.82, 2.24) is 0 Å². The molecule has 28 heavy (non-hydrogen) atoms. The highest BCUT2D eigenvalue weighted by molar-refractivity contribution is 14.1.